The molecule has 0 saturated carbocycles. The first-order valence-corrected chi connectivity index (χ1v) is 7.26. The molecule has 0 saturated heterocycles. The van der Waals surface area contributed by atoms with Crippen LogP contribution in [0.15, 0.2) is 52.3 Å². The molecule has 1 aliphatic heterocycles. The van der Waals surface area contributed by atoms with Crippen LogP contribution in [0.1, 0.15) is 20.8 Å². The summed E-state index contributed by atoms with van der Waals surface area (Å²) in [5, 5.41) is 0. The molecular weight excluding hydrogens is 252 g/mol. The Morgan fingerprint density at radius 3 is 2.37 bits per heavy atom. The molecule has 0 aliphatic carbocycles. The SMILES string of the molecule is CC(C)(C)N1c2ccccc2Sc2cccc(N)c21. The van der Waals surface area contributed by atoms with Crippen molar-refractivity contribution >= 4 is 28.8 Å². The van der Waals surface area contributed by atoms with Gasteiger partial charge in [-0.1, -0.05) is 30.0 Å². The zero-order chi connectivity index (χ0) is 13.6. The minimum absolute atomic E-state index is 0.0126. The van der Waals surface area contributed by atoms with Gasteiger partial charge in [0.05, 0.1) is 17.1 Å². The highest BCUT2D eigenvalue weighted by Gasteiger charge is 2.32. The standard InChI is InChI=1S/C16H18N2S/c1-16(2,3)18-12-8-4-5-9-13(12)19-14-10-6-7-11(17)15(14)18/h4-10H,17H2,1-3H3. The highest BCUT2D eigenvalue weighted by molar-refractivity contribution is 7.99. The van der Waals surface area contributed by atoms with Gasteiger partial charge in [0.1, 0.15) is 0 Å². The van der Waals surface area contributed by atoms with E-state index >= 15 is 0 Å². The van der Waals surface area contributed by atoms with Crippen LogP contribution in [-0.4, -0.2) is 5.54 Å². The third-order valence-electron chi connectivity index (χ3n) is 3.25. The quantitative estimate of drug-likeness (QED) is 0.705. The molecule has 2 nitrogen and oxygen atoms in total. The summed E-state index contributed by atoms with van der Waals surface area (Å²) in [6.45, 7) is 6.65. The molecule has 19 heavy (non-hydrogen) atoms. The van der Waals surface area contributed by atoms with E-state index in [1.54, 1.807) is 11.8 Å². The summed E-state index contributed by atoms with van der Waals surface area (Å²) in [7, 11) is 0. The van der Waals surface area contributed by atoms with E-state index < -0.39 is 0 Å². The molecule has 0 radical (unpaired) electrons. The Bertz CT molecular complexity index is 629. The van der Waals surface area contributed by atoms with Crippen molar-refractivity contribution in [3.8, 4) is 0 Å². The normalized spacial score (nSPS) is 13.9. The second kappa shape index (κ2) is 4.20. The first kappa shape index (κ1) is 12.4. The van der Waals surface area contributed by atoms with Gasteiger partial charge in [0.25, 0.3) is 0 Å². The van der Waals surface area contributed by atoms with Crippen molar-refractivity contribution in [2.45, 2.75) is 36.1 Å². The van der Waals surface area contributed by atoms with Crippen LogP contribution in [0, 0.1) is 0 Å². The van der Waals surface area contributed by atoms with Crippen LogP contribution in [0.4, 0.5) is 17.1 Å². The highest BCUT2D eigenvalue weighted by atomic mass is 32.2. The summed E-state index contributed by atoms with van der Waals surface area (Å²) in [4.78, 5) is 4.87. The zero-order valence-electron chi connectivity index (χ0n) is 11.5. The maximum atomic E-state index is 6.23. The Labute approximate surface area is 118 Å². The number of nitrogen functional groups attached to an aromatic ring is 1. The smallest absolute Gasteiger partial charge is 0.0791 e. The van der Waals surface area contributed by atoms with Crippen molar-refractivity contribution in [2.75, 3.05) is 10.6 Å². The van der Waals surface area contributed by atoms with Gasteiger partial charge in [0.15, 0.2) is 0 Å². The van der Waals surface area contributed by atoms with Crippen molar-refractivity contribution in [3.05, 3.63) is 42.5 Å². The molecule has 98 valence electrons. The Kier molecular flexibility index (Phi) is 2.75. The Morgan fingerprint density at radius 1 is 0.947 bits per heavy atom. The molecule has 2 aromatic carbocycles. The summed E-state index contributed by atoms with van der Waals surface area (Å²) in [5.41, 5.74) is 9.44. The second-order valence-corrected chi connectivity index (χ2v) is 6.85. The molecule has 3 rings (SSSR count). The van der Waals surface area contributed by atoms with E-state index in [4.69, 9.17) is 5.73 Å². The van der Waals surface area contributed by atoms with E-state index in [2.05, 4.69) is 56.0 Å². The molecule has 2 aromatic rings. The lowest BCUT2D eigenvalue weighted by molar-refractivity contribution is 0.554. The van der Waals surface area contributed by atoms with Gasteiger partial charge in [-0.2, -0.15) is 0 Å². The van der Waals surface area contributed by atoms with Crippen LogP contribution in [0.2, 0.25) is 0 Å². The summed E-state index contributed by atoms with van der Waals surface area (Å²) in [6, 6.07) is 14.7. The van der Waals surface area contributed by atoms with E-state index in [9.17, 15) is 0 Å². The number of nitrogens with zero attached hydrogens (tertiary/aromatic N) is 1. The summed E-state index contributed by atoms with van der Waals surface area (Å²) >= 11 is 1.79. The Morgan fingerprint density at radius 2 is 1.63 bits per heavy atom. The average Bonchev–Trinajstić information content (AvgIpc) is 2.35. The average molecular weight is 270 g/mol. The van der Waals surface area contributed by atoms with Crippen LogP contribution in [0.3, 0.4) is 0 Å². The molecule has 0 spiro atoms. The van der Waals surface area contributed by atoms with E-state index in [0.29, 0.717) is 0 Å². The predicted molar refractivity (Wildman–Crippen MR) is 83.3 cm³/mol. The fourth-order valence-electron chi connectivity index (χ4n) is 2.52. The number of nitrogens with two attached hydrogens (primary N) is 1. The number of hydrogen-bond donors (Lipinski definition) is 1. The van der Waals surface area contributed by atoms with Crippen LogP contribution in [0.5, 0.6) is 0 Å². The number of hydrogen-bond acceptors (Lipinski definition) is 3. The van der Waals surface area contributed by atoms with Gasteiger partial charge in [-0.15, -0.1) is 0 Å². The minimum Gasteiger partial charge on any atom is -0.397 e. The van der Waals surface area contributed by atoms with Gasteiger partial charge in [-0.3, -0.25) is 0 Å². The molecule has 0 bridgehead atoms. The molecule has 1 heterocycles. The van der Waals surface area contributed by atoms with Gasteiger partial charge in [-0.25, -0.2) is 0 Å². The molecule has 3 heteroatoms. The van der Waals surface area contributed by atoms with Crippen LogP contribution in [-0.2, 0) is 0 Å². The van der Waals surface area contributed by atoms with Crippen LogP contribution >= 0.6 is 11.8 Å². The van der Waals surface area contributed by atoms with Crippen molar-refractivity contribution < 1.29 is 0 Å². The number of benzene rings is 2. The van der Waals surface area contributed by atoms with Crippen LogP contribution < -0.4 is 10.6 Å². The van der Waals surface area contributed by atoms with Gasteiger partial charge >= 0.3 is 0 Å². The number of rotatable bonds is 0. The third kappa shape index (κ3) is 1.98. The van der Waals surface area contributed by atoms with Crippen molar-refractivity contribution in [1.29, 1.82) is 0 Å². The van der Waals surface area contributed by atoms with E-state index in [1.807, 2.05) is 12.1 Å². The summed E-state index contributed by atoms with van der Waals surface area (Å²) in [6.07, 6.45) is 0. The van der Waals surface area contributed by atoms with E-state index in [-0.39, 0.29) is 5.54 Å². The number of fused-ring (bicyclic) bond motifs is 2. The zero-order valence-corrected chi connectivity index (χ0v) is 12.3. The van der Waals surface area contributed by atoms with Crippen LogP contribution in [0.25, 0.3) is 0 Å². The topological polar surface area (TPSA) is 29.3 Å². The first-order chi connectivity index (χ1) is 8.98. The Hall–Kier alpha value is -1.61. The lowest BCUT2D eigenvalue weighted by atomic mass is 10.0. The molecule has 1 aliphatic rings. The summed E-state index contributed by atoms with van der Waals surface area (Å²) in [5.74, 6) is 0. The summed E-state index contributed by atoms with van der Waals surface area (Å²) < 4.78 is 0. The fourth-order valence-corrected chi connectivity index (χ4v) is 3.62. The van der Waals surface area contributed by atoms with Crippen molar-refractivity contribution in [3.63, 3.8) is 0 Å². The lowest BCUT2D eigenvalue weighted by Crippen LogP contribution is -2.39. The van der Waals surface area contributed by atoms with Gasteiger partial charge in [0.2, 0.25) is 0 Å². The molecule has 0 atom stereocenters. The van der Waals surface area contributed by atoms with Crippen molar-refractivity contribution in [1.82, 2.24) is 0 Å². The first-order valence-electron chi connectivity index (χ1n) is 6.44. The third-order valence-corrected chi connectivity index (χ3v) is 4.37. The molecule has 0 aromatic heterocycles. The number of anilines is 3. The maximum absolute atomic E-state index is 6.23. The maximum Gasteiger partial charge on any atom is 0.0791 e. The van der Waals surface area contributed by atoms with E-state index in [1.165, 1.54) is 15.5 Å². The predicted octanol–water partition coefficient (Wildman–Crippen LogP) is 4.67. The van der Waals surface area contributed by atoms with E-state index in [0.717, 1.165) is 11.4 Å². The second-order valence-electron chi connectivity index (χ2n) is 5.77. The molecule has 0 amide bonds. The Balaban J connectivity index is 2.29. The number of para-hydroxylation sites is 2. The van der Waals surface area contributed by atoms with Gasteiger partial charge in [-0.05, 0) is 45.0 Å². The lowest BCUT2D eigenvalue weighted by Gasteiger charge is -2.42. The molecule has 0 fully saturated rings. The van der Waals surface area contributed by atoms with Gasteiger partial charge < -0.3 is 10.6 Å². The monoisotopic (exact) mass is 270 g/mol. The fraction of sp³-hybridized carbons (Fsp3) is 0.250. The molecule has 2 N–H and O–H groups in total. The molecule has 0 unspecified atom stereocenters. The van der Waals surface area contributed by atoms with Gasteiger partial charge in [0, 0.05) is 15.3 Å². The molecular formula is C16H18N2S. The minimum atomic E-state index is -0.0126. The highest BCUT2D eigenvalue weighted by Crippen LogP contribution is 2.52. The largest absolute Gasteiger partial charge is 0.397 e. The van der Waals surface area contributed by atoms with Crippen molar-refractivity contribution in [2.24, 2.45) is 0 Å².